The van der Waals surface area contributed by atoms with Gasteiger partial charge in [0.15, 0.2) is 15.8 Å². The van der Waals surface area contributed by atoms with E-state index in [9.17, 15) is 22.0 Å². The fraction of sp³-hybridized carbons (Fsp3) is 0.600. The average molecular weight is 598 g/mol. The number of rotatable bonds is 6. The largest absolute Gasteiger partial charge is 0.444 e. The number of aromatic nitrogens is 4. The van der Waals surface area contributed by atoms with E-state index >= 15 is 0 Å². The first-order chi connectivity index (χ1) is 18.6. The lowest BCUT2D eigenvalue weighted by Gasteiger charge is -2.45. The minimum atomic E-state index is -3.93. The van der Waals surface area contributed by atoms with E-state index in [1.165, 1.54) is 6.20 Å². The third kappa shape index (κ3) is 5.63. The monoisotopic (exact) mass is 597 g/mol. The van der Waals surface area contributed by atoms with Gasteiger partial charge in [0.1, 0.15) is 10.5 Å². The number of anilines is 1. The number of carbonyl (C=O) groups is 1. The number of ether oxygens (including phenoxy) is 1. The molecule has 2 fully saturated rings. The van der Waals surface area contributed by atoms with Gasteiger partial charge in [0.05, 0.1) is 29.5 Å². The van der Waals surface area contributed by atoms with Gasteiger partial charge in [-0.25, -0.2) is 31.7 Å². The van der Waals surface area contributed by atoms with E-state index in [-0.39, 0.29) is 27.8 Å². The first-order valence-corrected chi connectivity index (χ1v) is 15.3. The molecule has 1 amide bonds. The predicted molar refractivity (Wildman–Crippen MR) is 146 cm³/mol. The first-order valence-electron chi connectivity index (χ1n) is 13.0. The summed E-state index contributed by atoms with van der Waals surface area (Å²) in [5.74, 6) is 0.212. The second kappa shape index (κ2) is 9.87. The molecule has 218 valence electrons. The number of amides is 1. The van der Waals surface area contributed by atoms with Gasteiger partial charge in [-0.1, -0.05) is 11.3 Å². The fourth-order valence-corrected chi connectivity index (χ4v) is 7.07. The Bertz CT molecular complexity index is 1530. The maximum atomic E-state index is 13.5. The maximum absolute atomic E-state index is 13.5. The van der Waals surface area contributed by atoms with Crippen molar-refractivity contribution in [3.8, 4) is 10.8 Å². The van der Waals surface area contributed by atoms with Gasteiger partial charge in [-0.15, -0.1) is 10.2 Å². The number of fused-ring (bicyclic) bond motifs is 1. The lowest BCUT2D eigenvalue weighted by Crippen LogP contribution is -2.59. The standard InChI is InChI=1S/C25H33F2N7O4S2/c1-14-11-32(12-15(2)34(14)23(35)38-24(3,4)5)17-9-16(40(36,37)31-25(6)7-8-25)13-33-18(17)10-28-20(33)22-30-29-21(39-22)19(26)27/h9-10,13-15,19,31H,7-8,11-12H2,1-6H3/t14-,15-/m0/s1. The molecule has 0 bridgehead atoms. The van der Waals surface area contributed by atoms with Gasteiger partial charge in [-0.3, -0.25) is 9.30 Å². The molecule has 1 aliphatic carbocycles. The van der Waals surface area contributed by atoms with Crippen LogP contribution in [0.4, 0.5) is 19.3 Å². The molecule has 2 atom stereocenters. The number of pyridine rings is 1. The molecule has 2 aliphatic rings. The SMILES string of the molecule is C[C@H]1CN(c2cc(S(=O)(=O)NC3(C)CC3)cn3c(-c4nnc(C(F)F)s4)ncc23)C[C@H](C)N1C(=O)OC(C)(C)C. The van der Waals surface area contributed by atoms with Crippen molar-refractivity contribution < 1.29 is 26.7 Å². The lowest BCUT2D eigenvalue weighted by atomic mass is 10.1. The zero-order chi connectivity index (χ0) is 29.2. The van der Waals surface area contributed by atoms with Gasteiger partial charge >= 0.3 is 6.09 Å². The highest BCUT2D eigenvalue weighted by Crippen LogP contribution is 2.38. The fourth-order valence-electron chi connectivity index (χ4n) is 4.89. The minimum absolute atomic E-state index is 0.0100. The second-order valence-electron chi connectivity index (χ2n) is 11.8. The van der Waals surface area contributed by atoms with Crippen molar-refractivity contribution in [3.63, 3.8) is 0 Å². The van der Waals surface area contributed by atoms with E-state index in [2.05, 4.69) is 19.9 Å². The number of carbonyl (C=O) groups excluding carboxylic acids is 1. The van der Waals surface area contributed by atoms with Gasteiger partial charge in [-0.2, -0.15) is 0 Å². The lowest BCUT2D eigenvalue weighted by molar-refractivity contribution is 0.00567. The molecule has 40 heavy (non-hydrogen) atoms. The van der Waals surface area contributed by atoms with Crippen LogP contribution in [0.15, 0.2) is 23.4 Å². The highest BCUT2D eigenvalue weighted by atomic mass is 32.2. The quantitative estimate of drug-likeness (QED) is 0.442. The molecule has 5 rings (SSSR count). The van der Waals surface area contributed by atoms with E-state index < -0.39 is 38.7 Å². The van der Waals surface area contributed by atoms with Crippen LogP contribution < -0.4 is 9.62 Å². The van der Waals surface area contributed by atoms with E-state index in [4.69, 9.17) is 4.74 Å². The summed E-state index contributed by atoms with van der Waals surface area (Å²) >= 11 is 0.705. The summed E-state index contributed by atoms with van der Waals surface area (Å²) in [6, 6.07) is 1.10. The van der Waals surface area contributed by atoms with Crippen molar-refractivity contribution in [3.05, 3.63) is 23.5 Å². The molecular formula is C25H33F2N7O4S2. The molecule has 3 aromatic heterocycles. The Balaban J connectivity index is 1.57. The molecule has 1 saturated heterocycles. The molecule has 1 N–H and O–H groups in total. The van der Waals surface area contributed by atoms with Gasteiger partial charge in [-0.05, 0) is 60.5 Å². The van der Waals surface area contributed by atoms with Gasteiger partial charge in [0, 0.05) is 24.8 Å². The summed E-state index contributed by atoms with van der Waals surface area (Å²) in [6.07, 6.45) is 1.28. The zero-order valence-electron chi connectivity index (χ0n) is 23.2. The van der Waals surface area contributed by atoms with Crippen molar-refractivity contribution in [2.75, 3.05) is 18.0 Å². The van der Waals surface area contributed by atoms with Gasteiger partial charge in [0.25, 0.3) is 6.43 Å². The van der Waals surface area contributed by atoms with Crippen LogP contribution in [0.5, 0.6) is 0 Å². The third-order valence-electron chi connectivity index (χ3n) is 6.97. The molecule has 0 radical (unpaired) electrons. The molecule has 1 aliphatic heterocycles. The Morgan fingerprint density at radius 1 is 1.20 bits per heavy atom. The van der Waals surface area contributed by atoms with Crippen molar-refractivity contribution in [1.29, 1.82) is 0 Å². The molecule has 4 heterocycles. The number of alkyl halides is 2. The Labute approximate surface area is 235 Å². The van der Waals surface area contributed by atoms with Crippen LogP contribution in [0, 0.1) is 0 Å². The van der Waals surface area contributed by atoms with Gasteiger partial charge < -0.3 is 9.64 Å². The molecule has 0 aromatic carbocycles. The summed E-state index contributed by atoms with van der Waals surface area (Å²) in [5.41, 5.74) is 0.0182. The van der Waals surface area contributed by atoms with E-state index in [1.807, 2.05) is 46.4 Å². The molecule has 15 heteroatoms. The van der Waals surface area contributed by atoms with Crippen molar-refractivity contribution in [2.45, 2.75) is 88.9 Å². The summed E-state index contributed by atoms with van der Waals surface area (Å²) in [4.78, 5) is 21.1. The Hall–Kier alpha value is -2.91. The Kier molecular flexibility index (Phi) is 7.06. The summed E-state index contributed by atoms with van der Waals surface area (Å²) in [6.45, 7) is 11.9. The molecule has 3 aromatic rings. The molecular weight excluding hydrogens is 564 g/mol. The van der Waals surface area contributed by atoms with Crippen LogP contribution in [0.1, 0.15) is 65.8 Å². The normalized spacial score (nSPS) is 21.3. The van der Waals surface area contributed by atoms with E-state index in [0.717, 1.165) is 12.8 Å². The summed E-state index contributed by atoms with van der Waals surface area (Å²) in [5, 5.41) is 7.15. The maximum Gasteiger partial charge on any atom is 0.410 e. The third-order valence-corrected chi connectivity index (χ3v) is 9.50. The van der Waals surface area contributed by atoms with Gasteiger partial charge in [0.2, 0.25) is 10.0 Å². The number of halogens is 2. The molecule has 1 saturated carbocycles. The van der Waals surface area contributed by atoms with E-state index in [0.29, 0.717) is 35.6 Å². The van der Waals surface area contributed by atoms with Crippen molar-refractivity contribution in [2.24, 2.45) is 0 Å². The topological polar surface area (TPSA) is 122 Å². The van der Waals surface area contributed by atoms with Crippen LogP contribution in [-0.4, -0.2) is 75.3 Å². The smallest absolute Gasteiger partial charge is 0.410 e. The number of hydrogen-bond donors (Lipinski definition) is 1. The van der Waals surface area contributed by atoms with Crippen LogP contribution in [0.3, 0.4) is 0 Å². The number of imidazole rings is 1. The molecule has 0 unspecified atom stereocenters. The van der Waals surface area contributed by atoms with Crippen LogP contribution in [0.2, 0.25) is 0 Å². The summed E-state index contributed by atoms with van der Waals surface area (Å²) < 4.78 is 63.4. The van der Waals surface area contributed by atoms with Crippen LogP contribution in [0.25, 0.3) is 16.3 Å². The predicted octanol–water partition coefficient (Wildman–Crippen LogP) is 4.46. The number of sulfonamides is 1. The zero-order valence-corrected chi connectivity index (χ0v) is 24.8. The first kappa shape index (κ1) is 28.6. The highest BCUT2D eigenvalue weighted by Gasteiger charge is 2.42. The minimum Gasteiger partial charge on any atom is -0.444 e. The average Bonchev–Trinajstić information content (AvgIpc) is 3.21. The number of piperazine rings is 1. The molecule has 0 spiro atoms. The van der Waals surface area contributed by atoms with Crippen molar-refractivity contribution in [1.82, 2.24) is 29.2 Å². The Morgan fingerprint density at radius 2 is 1.85 bits per heavy atom. The summed E-state index contributed by atoms with van der Waals surface area (Å²) in [7, 11) is -3.93. The second-order valence-corrected chi connectivity index (χ2v) is 14.5. The van der Waals surface area contributed by atoms with Crippen molar-refractivity contribution >= 4 is 38.7 Å². The number of nitrogens with one attached hydrogen (secondary N) is 1. The molecule has 11 nitrogen and oxygen atoms in total. The van der Waals surface area contributed by atoms with Crippen LogP contribution in [-0.2, 0) is 14.8 Å². The number of nitrogens with zero attached hydrogens (tertiary/aromatic N) is 6. The number of hydrogen-bond acceptors (Lipinski definition) is 9. The Morgan fingerprint density at radius 3 is 2.40 bits per heavy atom. The van der Waals surface area contributed by atoms with Crippen LogP contribution >= 0.6 is 11.3 Å². The van der Waals surface area contributed by atoms with E-state index in [1.54, 1.807) is 21.6 Å². The highest BCUT2D eigenvalue weighted by molar-refractivity contribution is 7.89.